The fourth-order valence-corrected chi connectivity index (χ4v) is 2.09. The van der Waals surface area contributed by atoms with Crippen LogP contribution in [0.2, 0.25) is 0 Å². The minimum Gasteiger partial charge on any atom is -0.350 e. The molecule has 0 radical (unpaired) electrons. The van der Waals surface area contributed by atoms with Crippen molar-refractivity contribution in [2.75, 3.05) is 0 Å². The Balaban J connectivity index is 2.14. The number of rotatable bonds is 4. The van der Waals surface area contributed by atoms with E-state index in [9.17, 15) is 0 Å². The van der Waals surface area contributed by atoms with Crippen molar-refractivity contribution in [1.82, 2.24) is 4.57 Å². The number of benzene rings is 1. The van der Waals surface area contributed by atoms with Gasteiger partial charge in [-0.3, -0.25) is 0 Å². The van der Waals surface area contributed by atoms with Crippen LogP contribution >= 0.6 is 0 Å². The van der Waals surface area contributed by atoms with Gasteiger partial charge in [-0.25, -0.2) is 0 Å². The summed E-state index contributed by atoms with van der Waals surface area (Å²) < 4.78 is 2.11. The molecule has 0 spiro atoms. The summed E-state index contributed by atoms with van der Waals surface area (Å²) in [7, 11) is 0. The average molecular weight is 253 g/mol. The van der Waals surface area contributed by atoms with E-state index in [-0.39, 0.29) is 6.04 Å². The van der Waals surface area contributed by atoms with Crippen molar-refractivity contribution in [2.45, 2.75) is 26.4 Å². The van der Waals surface area contributed by atoms with Gasteiger partial charge >= 0.3 is 0 Å². The molecule has 2 rings (SSSR count). The Morgan fingerprint density at radius 2 is 2.11 bits per heavy atom. The molecule has 1 heterocycles. The molecule has 98 valence electrons. The molecular formula is C16H19N3. The molecule has 0 saturated carbocycles. The molecular weight excluding hydrogens is 234 g/mol. The minimum absolute atomic E-state index is 0.0756. The molecule has 2 N–H and O–H groups in total. The second-order valence-corrected chi connectivity index (χ2v) is 5.20. The largest absolute Gasteiger partial charge is 0.350 e. The van der Waals surface area contributed by atoms with Gasteiger partial charge in [-0.05, 0) is 35.2 Å². The quantitative estimate of drug-likeness (QED) is 0.910. The fourth-order valence-electron chi connectivity index (χ4n) is 2.09. The maximum Gasteiger partial charge on any atom is 0.0991 e. The predicted molar refractivity (Wildman–Crippen MR) is 76.5 cm³/mol. The number of hydrogen-bond acceptors (Lipinski definition) is 2. The molecule has 0 saturated heterocycles. The highest BCUT2D eigenvalue weighted by Crippen LogP contribution is 2.19. The first-order valence-corrected chi connectivity index (χ1v) is 6.50. The summed E-state index contributed by atoms with van der Waals surface area (Å²) in [5.74, 6) is 0.428. The highest BCUT2D eigenvalue weighted by atomic mass is 14.9. The summed E-state index contributed by atoms with van der Waals surface area (Å²) in [6.45, 7) is 5.01. The topological polar surface area (TPSA) is 54.7 Å². The zero-order valence-corrected chi connectivity index (χ0v) is 11.4. The normalized spacial score (nSPS) is 12.4. The monoisotopic (exact) mass is 253 g/mol. The van der Waals surface area contributed by atoms with Gasteiger partial charge in [0.1, 0.15) is 0 Å². The number of nitrogens with zero attached hydrogens (tertiary/aromatic N) is 2. The van der Waals surface area contributed by atoms with Crippen molar-refractivity contribution in [2.24, 2.45) is 11.7 Å². The van der Waals surface area contributed by atoms with Crippen molar-refractivity contribution >= 4 is 0 Å². The van der Waals surface area contributed by atoms with E-state index in [1.165, 1.54) is 0 Å². The number of aromatic nitrogens is 1. The van der Waals surface area contributed by atoms with E-state index >= 15 is 0 Å². The van der Waals surface area contributed by atoms with Gasteiger partial charge in [-0.2, -0.15) is 5.26 Å². The Labute approximate surface area is 114 Å². The lowest BCUT2D eigenvalue weighted by Gasteiger charge is -2.13. The van der Waals surface area contributed by atoms with E-state index in [0.29, 0.717) is 11.5 Å². The van der Waals surface area contributed by atoms with Gasteiger partial charge in [0.05, 0.1) is 11.6 Å². The third-order valence-electron chi connectivity index (χ3n) is 3.30. The average Bonchev–Trinajstić information content (AvgIpc) is 2.86. The minimum atomic E-state index is 0.0756. The predicted octanol–water partition coefficient (Wildman–Crippen LogP) is 3.06. The molecule has 2 aromatic rings. The Kier molecular flexibility index (Phi) is 4.03. The van der Waals surface area contributed by atoms with Crippen LogP contribution in [0.4, 0.5) is 0 Å². The van der Waals surface area contributed by atoms with Gasteiger partial charge in [0.25, 0.3) is 0 Å². The molecule has 0 bridgehead atoms. The number of nitriles is 1. The van der Waals surface area contributed by atoms with Gasteiger partial charge in [-0.15, -0.1) is 0 Å². The third-order valence-corrected chi connectivity index (χ3v) is 3.30. The smallest absolute Gasteiger partial charge is 0.0991 e. The van der Waals surface area contributed by atoms with Gasteiger partial charge in [-0.1, -0.05) is 26.0 Å². The van der Waals surface area contributed by atoms with Crippen LogP contribution in [0, 0.1) is 17.2 Å². The zero-order valence-electron chi connectivity index (χ0n) is 11.4. The van der Waals surface area contributed by atoms with Crippen molar-refractivity contribution in [3.63, 3.8) is 0 Å². The highest BCUT2D eigenvalue weighted by molar-refractivity contribution is 5.33. The number of nitrogens with two attached hydrogens (primary N) is 1. The second kappa shape index (κ2) is 5.73. The molecule has 3 heteroatoms. The van der Waals surface area contributed by atoms with E-state index < -0.39 is 0 Å². The third kappa shape index (κ3) is 3.24. The zero-order chi connectivity index (χ0) is 13.8. The summed E-state index contributed by atoms with van der Waals surface area (Å²) in [6.07, 6.45) is 4.13. The standard InChI is InChI=1S/C16H19N3/c1-12(2)16(18)15-6-7-19(11-15)10-14-5-3-4-13(8-14)9-17/h3-8,11-12,16H,10,18H2,1-2H3. The summed E-state index contributed by atoms with van der Waals surface area (Å²) in [5.41, 5.74) is 9.11. The Bertz CT molecular complexity index is 590. The van der Waals surface area contributed by atoms with Crippen LogP contribution in [0.3, 0.4) is 0 Å². The SMILES string of the molecule is CC(C)C(N)c1ccn(Cc2cccc(C#N)c2)c1. The van der Waals surface area contributed by atoms with Crippen LogP contribution in [-0.2, 0) is 6.54 Å². The maximum atomic E-state index is 8.89. The van der Waals surface area contributed by atoms with E-state index in [2.05, 4.69) is 36.7 Å². The van der Waals surface area contributed by atoms with Gasteiger partial charge in [0.15, 0.2) is 0 Å². The van der Waals surface area contributed by atoms with Crippen molar-refractivity contribution in [3.8, 4) is 6.07 Å². The lowest BCUT2D eigenvalue weighted by molar-refractivity contribution is 0.513. The second-order valence-electron chi connectivity index (χ2n) is 5.20. The summed E-state index contributed by atoms with van der Waals surface area (Å²) in [6, 6.07) is 12.0. The molecule has 0 aliphatic heterocycles. The molecule has 0 amide bonds. The van der Waals surface area contributed by atoms with Crippen LogP contribution in [-0.4, -0.2) is 4.57 Å². The summed E-state index contributed by atoms with van der Waals surface area (Å²) in [4.78, 5) is 0. The van der Waals surface area contributed by atoms with E-state index in [1.807, 2.05) is 30.5 Å². The Morgan fingerprint density at radius 3 is 2.79 bits per heavy atom. The lowest BCUT2D eigenvalue weighted by Crippen LogP contribution is -2.15. The summed E-state index contributed by atoms with van der Waals surface area (Å²) in [5, 5.41) is 8.89. The maximum absolute atomic E-state index is 8.89. The fraction of sp³-hybridized carbons (Fsp3) is 0.312. The van der Waals surface area contributed by atoms with Crippen molar-refractivity contribution in [1.29, 1.82) is 5.26 Å². The Morgan fingerprint density at radius 1 is 1.32 bits per heavy atom. The molecule has 1 aromatic carbocycles. The van der Waals surface area contributed by atoms with E-state index in [0.717, 1.165) is 17.7 Å². The molecule has 0 aliphatic rings. The molecule has 0 aliphatic carbocycles. The lowest BCUT2D eigenvalue weighted by atomic mass is 10.00. The molecule has 19 heavy (non-hydrogen) atoms. The van der Waals surface area contributed by atoms with Gasteiger partial charge in [0, 0.05) is 25.0 Å². The molecule has 0 fully saturated rings. The van der Waals surface area contributed by atoms with Crippen LogP contribution in [0.5, 0.6) is 0 Å². The molecule has 3 nitrogen and oxygen atoms in total. The Hall–Kier alpha value is -2.05. The van der Waals surface area contributed by atoms with E-state index in [1.54, 1.807) is 0 Å². The first-order valence-electron chi connectivity index (χ1n) is 6.50. The number of hydrogen-bond donors (Lipinski definition) is 1. The van der Waals surface area contributed by atoms with Crippen LogP contribution in [0.15, 0.2) is 42.7 Å². The van der Waals surface area contributed by atoms with Gasteiger partial charge < -0.3 is 10.3 Å². The molecule has 1 unspecified atom stereocenters. The van der Waals surface area contributed by atoms with Crippen molar-refractivity contribution in [3.05, 3.63) is 59.4 Å². The first-order chi connectivity index (χ1) is 9.10. The van der Waals surface area contributed by atoms with Crippen LogP contribution < -0.4 is 5.73 Å². The molecule has 1 atom stereocenters. The van der Waals surface area contributed by atoms with Crippen molar-refractivity contribution < 1.29 is 0 Å². The molecule has 1 aromatic heterocycles. The summed E-state index contributed by atoms with van der Waals surface area (Å²) >= 11 is 0. The first kappa shape index (κ1) is 13.4. The highest BCUT2D eigenvalue weighted by Gasteiger charge is 2.11. The van der Waals surface area contributed by atoms with Gasteiger partial charge in [0.2, 0.25) is 0 Å². The van der Waals surface area contributed by atoms with E-state index in [4.69, 9.17) is 11.0 Å². The van der Waals surface area contributed by atoms with Crippen LogP contribution in [0.1, 0.15) is 36.6 Å². The van der Waals surface area contributed by atoms with Crippen LogP contribution in [0.25, 0.3) is 0 Å².